The van der Waals surface area contributed by atoms with Gasteiger partial charge in [-0.05, 0) is 24.5 Å². The lowest BCUT2D eigenvalue weighted by molar-refractivity contribution is -0.125. The molecule has 0 heterocycles. The van der Waals surface area contributed by atoms with Crippen molar-refractivity contribution in [2.45, 2.75) is 45.1 Å². The molecule has 0 unspecified atom stereocenters. The van der Waals surface area contributed by atoms with Gasteiger partial charge in [0.2, 0.25) is 5.91 Å². The molecule has 0 bridgehead atoms. The molecule has 1 aromatic carbocycles. The Hall–Kier alpha value is -2.04. The molecule has 2 rings (SSSR count). The fourth-order valence-corrected chi connectivity index (χ4v) is 2.77. The van der Waals surface area contributed by atoms with Gasteiger partial charge in [-0.15, -0.1) is 0 Å². The Morgan fingerprint density at radius 2 is 2.00 bits per heavy atom. The van der Waals surface area contributed by atoms with Crippen LogP contribution in [0, 0.1) is 5.92 Å². The summed E-state index contributed by atoms with van der Waals surface area (Å²) >= 11 is 0. The summed E-state index contributed by atoms with van der Waals surface area (Å²) in [4.78, 5) is 12.2. The van der Waals surface area contributed by atoms with Crippen molar-refractivity contribution < 1.29 is 10.0 Å². The van der Waals surface area contributed by atoms with E-state index < -0.39 is 0 Å². The molecule has 21 heavy (non-hydrogen) atoms. The number of nitrogens with one attached hydrogen (secondary N) is 1. The second kappa shape index (κ2) is 7.67. The summed E-state index contributed by atoms with van der Waals surface area (Å²) in [5.74, 6) is 0.373. The maximum atomic E-state index is 12.2. The smallest absolute Gasteiger partial charge is 0.223 e. The number of amidine groups is 1. The van der Waals surface area contributed by atoms with Crippen LogP contribution in [0.25, 0.3) is 0 Å². The van der Waals surface area contributed by atoms with Gasteiger partial charge in [-0.25, -0.2) is 0 Å². The first-order valence-corrected chi connectivity index (χ1v) is 7.55. The molecule has 0 saturated heterocycles. The lowest BCUT2D eigenvalue weighted by Gasteiger charge is -2.14. The van der Waals surface area contributed by atoms with Gasteiger partial charge >= 0.3 is 0 Å². The molecule has 1 aliphatic carbocycles. The highest BCUT2D eigenvalue weighted by atomic mass is 16.4. The number of hydrogen-bond donors (Lipinski definition) is 3. The maximum Gasteiger partial charge on any atom is 0.223 e. The Labute approximate surface area is 125 Å². The van der Waals surface area contributed by atoms with Crippen LogP contribution < -0.4 is 11.1 Å². The molecule has 0 spiro atoms. The van der Waals surface area contributed by atoms with Crippen molar-refractivity contribution >= 4 is 11.7 Å². The quantitative estimate of drug-likeness (QED) is 0.261. The third-order valence-corrected chi connectivity index (χ3v) is 4.02. The number of carbonyl (C=O) groups is 1. The van der Waals surface area contributed by atoms with Gasteiger partial charge in [-0.3, -0.25) is 4.79 Å². The van der Waals surface area contributed by atoms with Gasteiger partial charge in [0.25, 0.3) is 0 Å². The Bertz CT molecular complexity index is 506. The van der Waals surface area contributed by atoms with Crippen molar-refractivity contribution in [2.24, 2.45) is 16.8 Å². The van der Waals surface area contributed by atoms with Crippen molar-refractivity contribution in [3.05, 3.63) is 35.4 Å². The number of hydrogen-bond acceptors (Lipinski definition) is 3. The minimum atomic E-state index is 0.0759. The first kappa shape index (κ1) is 15.4. The van der Waals surface area contributed by atoms with Crippen LogP contribution in [0.15, 0.2) is 29.4 Å². The van der Waals surface area contributed by atoms with Gasteiger partial charge in [-0.1, -0.05) is 49.0 Å². The van der Waals surface area contributed by atoms with Crippen LogP contribution in [0.3, 0.4) is 0 Å². The minimum Gasteiger partial charge on any atom is -0.409 e. The Morgan fingerprint density at radius 1 is 1.29 bits per heavy atom. The van der Waals surface area contributed by atoms with Crippen LogP contribution in [-0.4, -0.2) is 17.0 Å². The summed E-state index contributed by atoms with van der Waals surface area (Å²) in [6.07, 6.45) is 6.78. The van der Waals surface area contributed by atoms with E-state index in [4.69, 9.17) is 10.9 Å². The van der Waals surface area contributed by atoms with Crippen molar-refractivity contribution in [1.29, 1.82) is 0 Å². The maximum absolute atomic E-state index is 12.2. The molecule has 0 radical (unpaired) electrons. The third kappa shape index (κ3) is 4.48. The highest BCUT2D eigenvalue weighted by Crippen LogP contribution is 2.22. The van der Waals surface area contributed by atoms with E-state index in [9.17, 15) is 4.79 Å². The van der Waals surface area contributed by atoms with Crippen LogP contribution in [0.5, 0.6) is 0 Å². The van der Waals surface area contributed by atoms with Gasteiger partial charge in [0.05, 0.1) is 0 Å². The van der Waals surface area contributed by atoms with Crippen molar-refractivity contribution in [1.82, 2.24) is 5.32 Å². The molecule has 1 saturated carbocycles. The van der Waals surface area contributed by atoms with Crippen LogP contribution in [0.4, 0.5) is 0 Å². The molecule has 1 amide bonds. The summed E-state index contributed by atoms with van der Waals surface area (Å²) in [6.45, 7) is 0.474. The van der Waals surface area contributed by atoms with Gasteiger partial charge in [0, 0.05) is 18.0 Å². The zero-order valence-electron chi connectivity index (χ0n) is 12.2. The summed E-state index contributed by atoms with van der Waals surface area (Å²) in [7, 11) is 0. The van der Waals surface area contributed by atoms with Crippen LogP contribution in [0.1, 0.15) is 49.7 Å². The van der Waals surface area contributed by atoms with E-state index in [0.717, 1.165) is 31.2 Å². The highest BCUT2D eigenvalue weighted by molar-refractivity contribution is 5.97. The fraction of sp³-hybridized carbons (Fsp3) is 0.500. The Kier molecular flexibility index (Phi) is 5.60. The van der Waals surface area contributed by atoms with E-state index in [1.165, 1.54) is 12.8 Å². The predicted octanol–water partition coefficient (Wildman–Crippen LogP) is 2.37. The summed E-state index contributed by atoms with van der Waals surface area (Å²) in [6, 6.07) is 7.34. The second-order valence-electron chi connectivity index (χ2n) is 5.59. The minimum absolute atomic E-state index is 0.0759. The van der Waals surface area contributed by atoms with E-state index in [0.29, 0.717) is 12.1 Å². The fourth-order valence-electron chi connectivity index (χ4n) is 2.77. The number of amides is 1. The number of oxime groups is 1. The van der Waals surface area contributed by atoms with Crippen LogP contribution >= 0.6 is 0 Å². The van der Waals surface area contributed by atoms with Gasteiger partial charge in [-0.2, -0.15) is 0 Å². The number of benzene rings is 1. The Balaban J connectivity index is 1.91. The monoisotopic (exact) mass is 289 g/mol. The molecule has 4 N–H and O–H groups in total. The average Bonchev–Trinajstić information content (AvgIpc) is 2.81. The molecular weight excluding hydrogens is 266 g/mol. The van der Waals surface area contributed by atoms with E-state index in [2.05, 4.69) is 10.5 Å². The molecule has 114 valence electrons. The van der Waals surface area contributed by atoms with Crippen LogP contribution in [0.2, 0.25) is 0 Å². The zero-order valence-corrected chi connectivity index (χ0v) is 12.2. The van der Waals surface area contributed by atoms with E-state index in [1.54, 1.807) is 6.07 Å². The lowest BCUT2D eigenvalue weighted by Crippen LogP contribution is -2.30. The molecule has 5 heteroatoms. The zero-order chi connectivity index (χ0) is 15.1. The molecule has 5 nitrogen and oxygen atoms in total. The van der Waals surface area contributed by atoms with E-state index >= 15 is 0 Å². The average molecular weight is 289 g/mol. The van der Waals surface area contributed by atoms with Crippen LogP contribution in [-0.2, 0) is 11.3 Å². The number of nitrogens with two attached hydrogens (primary N) is 1. The third-order valence-electron chi connectivity index (χ3n) is 4.02. The summed E-state index contributed by atoms with van der Waals surface area (Å²) < 4.78 is 0. The van der Waals surface area contributed by atoms with Crippen molar-refractivity contribution in [3.8, 4) is 0 Å². The topological polar surface area (TPSA) is 87.7 Å². The van der Waals surface area contributed by atoms with Gasteiger partial charge < -0.3 is 16.3 Å². The van der Waals surface area contributed by atoms with Crippen molar-refractivity contribution in [3.63, 3.8) is 0 Å². The lowest BCUT2D eigenvalue weighted by atomic mass is 9.99. The molecule has 0 atom stereocenters. The first-order chi connectivity index (χ1) is 10.2. The number of carbonyl (C=O) groups excluding carboxylic acids is 1. The van der Waals surface area contributed by atoms with Gasteiger partial charge in [0.1, 0.15) is 0 Å². The predicted molar refractivity (Wildman–Crippen MR) is 82.0 cm³/mol. The highest BCUT2D eigenvalue weighted by Gasteiger charge is 2.19. The standard InChI is InChI=1S/C16H23N3O2/c17-15(19-21)14-9-5-6-12(10-14)11-18-16(20)13-7-3-1-2-4-8-13/h5-6,9-10,13,21H,1-4,7-8,11H2,(H2,17,19)(H,18,20). The SMILES string of the molecule is NC(=NO)c1cccc(CNC(=O)C2CCCCCC2)c1. The first-order valence-electron chi connectivity index (χ1n) is 7.55. The molecule has 1 aliphatic rings. The number of nitrogens with zero attached hydrogens (tertiary/aromatic N) is 1. The molecule has 1 aromatic rings. The van der Waals surface area contributed by atoms with Crippen molar-refractivity contribution in [2.75, 3.05) is 0 Å². The summed E-state index contributed by atoms with van der Waals surface area (Å²) in [5.41, 5.74) is 7.16. The normalized spacial score (nSPS) is 17.2. The van der Waals surface area contributed by atoms with Gasteiger partial charge in [0.15, 0.2) is 5.84 Å². The van der Waals surface area contributed by atoms with E-state index in [-0.39, 0.29) is 17.7 Å². The van der Waals surface area contributed by atoms with E-state index in [1.807, 2.05) is 18.2 Å². The Morgan fingerprint density at radius 3 is 2.67 bits per heavy atom. The summed E-state index contributed by atoms with van der Waals surface area (Å²) in [5, 5.41) is 14.7. The second-order valence-corrected chi connectivity index (χ2v) is 5.59. The molecule has 1 fully saturated rings. The number of rotatable bonds is 4. The largest absolute Gasteiger partial charge is 0.409 e. The molecule has 0 aromatic heterocycles. The molecule has 0 aliphatic heterocycles. The molecular formula is C16H23N3O2.